The van der Waals surface area contributed by atoms with Crippen LogP contribution in [0.5, 0.6) is 11.5 Å². The van der Waals surface area contributed by atoms with Crippen LogP contribution in [0.3, 0.4) is 0 Å². The van der Waals surface area contributed by atoms with Crippen LogP contribution in [0, 0.1) is 0 Å². The van der Waals surface area contributed by atoms with Crippen molar-refractivity contribution in [1.29, 1.82) is 0 Å². The highest BCUT2D eigenvalue weighted by Gasteiger charge is 2.34. The molecule has 11 rings (SSSR count). The lowest BCUT2D eigenvalue weighted by Crippen LogP contribution is -2.23. The molecule has 4 heteroatoms. The van der Waals surface area contributed by atoms with Gasteiger partial charge in [-0.15, -0.1) is 0 Å². The van der Waals surface area contributed by atoms with Crippen molar-refractivity contribution >= 4 is 76.2 Å². The second kappa shape index (κ2) is 14.7. The maximum absolute atomic E-state index is 7.10. The number of aromatic nitrogens is 2. The first-order valence-corrected chi connectivity index (χ1v) is 25.6. The van der Waals surface area contributed by atoms with Crippen LogP contribution in [0.4, 0.5) is 0 Å². The fourth-order valence-electron chi connectivity index (χ4n) is 11.4. The van der Waals surface area contributed by atoms with E-state index in [9.17, 15) is 0 Å². The van der Waals surface area contributed by atoms with E-state index in [4.69, 9.17) is 9.47 Å². The fourth-order valence-corrected chi connectivity index (χ4v) is 11.4. The van der Waals surface area contributed by atoms with Crippen molar-refractivity contribution < 1.29 is 9.47 Å². The number of fused-ring (bicyclic) bond motifs is 14. The summed E-state index contributed by atoms with van der Waals surface area (Å²) in [6.45, 7) is 41.0. The molecule has 7 aromatic carbocycles. The lowest BCUT2D eigenvalue weighted by molar-refractivity contribution is 0.133. The number of nitrogens with zero attached hydrogens (tertiary/aromatic N) is 2. The van der Waals surface area contributed by atoms with Gasteiger partial charge < -0.3 is 18.3 Å². The van der Waals surface area contributed by atoms with Crippen molar-refractivity contribution in [1.82, 2.24) is 8.80 Å². The Balaban J connectivity index is 1.43. The van der Waals surface area contributed by atoms with E-state index in [-0.39, 0.29) is 21.7 Å². The van der Waals surface area contributed by atoms with E-state index in [1.165, 1.54) is 98.9 Å². The molecule has 0 unspecified atom stereocenters. The molecule has 4 nitrogen and oxygen atoms in total. The standard InChI is InChI=1S/C66H72N2O2/c1-61(2,3)39-31-37(32-40(35-39)62(4,5)6)43-23-19-25-45-51-55-54-48(28-22-30-50(54)70-66(16,17)18)68-58-44(38-33-41(63(7,8)9)36-42(34-38)64(10,11)12)24-20-26-46(58)52(60(55)68)56-53-47(67(57(43)45)59(51)56)27-21-29-49(53)69-65(13,14)15/h19-36H,1-18H3. The number of para-hydroxylation sites is 2. The van der Waals surface area contributed by atoms with Gasteiger partial charge in [0.05, 0.1) is 43.9 Å². The third-order valence-corrected chi connectivity index (χ3v) is 14.7. The summed E-state index contributed by atoms with van der Waals surface area (Å²) in [6.07, 6.45) is 0. The molecule has 0 atom stereocenters. The van der Waals surface area contributed by atoms with E-state index >= 15 is 0 Å². The van der Waals surface area contributed by atoms with E-state index < -0.39 is 11.2 Å². The van der Waals surface area contributed by atoms with Crippen molar-refractivity contribution in [2.24, 2.45) is 0 Å². The van der Waals surface area contributed by atoms with Crippen LogP contribution in [0.15, 0.2) is 109 Å². The van der Waals surface area contributed by atoms with Crippen LogP contribution in [-0.2, 0) is 21.7 Å². The van der Waals surface area contributed by atoms with Crippen molar-refractivity contribution in [3.8, 4) is 33.8 Å². The van der Waals surface area contributed by atoms with Gasteiger partial charge in [0.1, 0.15) is 22.7 Å². The predicted octanol–water partition coefficient (Wildman–Crippen LogP) is 18.9. The van der Waals surface area contributed by atoms with Gasteiger partial charge in [-0.25, -0.2) is 0 Å². The number of rotatable bonds is 4. The zero-order valence-electron chi connectivity index (χ0n) is 45.1. The first-order valence-electron chi connectivity index (χ1n) is 25.6. The Bertz CT molecular complexity index is 3600. The van der Waals surface area contributed by atoms with Gasteiger partial charge in [-0.2, -0.15) is 0 Å². The van der Waals surface area contributed by atoms with Gasteiger partial charge in [0.2, 0.25) is 0 Å². The van der Waals surface area contributed by atoms with Crippen LogP contribution in [0.2, 0.25) is 0 Å². The van der Waals surface area contributed by atoms with Crippen molar-refractivity contribution in [3.05, 3.63) is 131 Å². The molecule has 358 valence electrons. The first kappa shape index (κ1) is 46.1. The minimum absolute atomic E-state index is 0.0402. The predicted molar refractivity (Wildman–Crippen MR) is 302 cm³/mol. The summed E-state index contributed by atoms with van der Waals surface area (Å²) >= 11 is 0. The maximum Gasteiger partial charge on any atom is 0.130 e. The van der Waals surface area contributed by atoms with E-state index in [1.54, 1.807) is 0 Å². The van der Waals surface area contributed by atoms with Crippen LogP contribution in [-0.4, -0.2) is 20.0 Å². The Labute approximate surface area is 415 Å². The van der Waals surface area contributed by atoms with Gasteiger partial charge in [0, 0.05) is 43.4 Å². The third-order valence-electron chi connectivity index (χ3n) is 14.7. The number of ether oxygens (including phenoxy) is 2. The Morgan fingerprint density at radius 2 is 0.629 bits per heavy atom. The molecule has 0 spiro atoms. The zero-order valence-corrected chi connectivity index (χ0v) is 45.1. The number of hydrogen-bond acceptors (Lipinski definition) is 2. The molecule has 0 radical (unpaired) electrons. The highest BCUT2D eigenvalue weighted by atomic mass is 16.5. The third kappa shape index (κ3) is 7.05. The van der Waals surface area contributed by atoms with Gasteiger partial charge in [-0.3, -0.25) is 0 Å². The average molecular weight is 925 g/mol. The topological polar surface area (TPSA) is 27.3 Å². The van der Waals surface area contributed by atoms with E-state index in [2.05, 4.69) is 243 Å². The second-order valence-corrected chi connectivity index (χ2v) is 26.6. The molecule has 0 saturated heterocycles. The maximum atomic E-state index is 7.10. The summed E-state index contributed by atoms with van der Waals surface area (Å²) in [5.41, 5.74) is 16.4. The Hall–Kier alpha value is -6.26. The first-order chi connectivity index (χ1) is 32.5. The molecule has 11 aromatic rings. The Kier molecular flexibility index (Phi) is 9.66. The molecule has 0 N–H and O–H groups in total. The van der Waals surface area contributed by atoms with Gasteiger partial charge in [-0.1, -0.05) is 168 Å². The normalized spacial score (nSPS) is 13.9. The number of benzene rings is 7. The van der Waals surface area contributed by atoms with Crippen LogP contribution < -0.4 is 9.47 Å². The monoisotopic (exact) mass is 925 g/mol. The van der Waals surface area contributed by atoms with Gasteiger partial charge in [-0.05, 0) is 121 Å². The minimum atomic E-state index is -0.429. The van der Waals surface area contributed by atoms with Crippen molar-refractivity contribution in [3.63, 3.8) is 0 Å². The Morgan fingerprint density at radius 3 is 0.929 bits per heavy atom. The molecule has 0 aliphatic carbocycles. The lowest BCUT2D eigenvalue weighted by Gasteiger charge is -2.26. The number of hydrogen-bond donors (Lipinski definition) is 0. The van der Waals surface area contributed by atoms with Crippen LogP contribution in [0.1, 0.15) is 147 Å². The molecule has 70 heavy (non-hydrogen) atoms. The molecule has 0 aliphatic heterocycles. The molecule has 0 fully saturated rings. The molecule has 0 bridgehead atoms. The van der Waals surface area contributed by atoms with Crippen molar-refractivity contribution in [2.75, 3.05) is 0 Å². The summed E-state index contributed by atoms with van der Waals surface area (Å²) in [5, 5.41) is 9.73. The second-order valence-electron chi connectivity index (χ2n) is 26.6. The quantitative estimate of drug-likeness (QED) is 0.176. The lowest BCUT2D eigenvalue weighted by atomic mass is 9.78. The van der Waals surface area contributed by atoms with Crippen LogP contribution >= 0.6 is 0 Å². The highest BCUT2D eigenvalue weighted by Crippen LogP contribution is 2.56. The smallest absolute Gasteiger partial charge is 0.130 e. The van der Waals surface area contributed by atoms with E-state index in [1.807, 2.05) is 0 Å². The van der Waals surface area contributed by atoms with E-state index in [0.29, 0.717) is 0 Å². The Morgan fingerprint density at radius 1 is 0.314 bits per heavy atom. The fraction of sp³-hybridized carbons (Fsp3) is 0.364. The van der Waals surface area contributed by atoms with Crippen molar-refractivity contribution in [2.45, 2.75) is 157 Å². The molecule has 4 aromatic heterocycles. The largest absolute Gasteiger partial charge is 0.487 e. The summed E-state index contributed by atoms with van der Waals surface area (Å²) in [5.74, 6) is 1.80. The summed E-state index contributed by atoms with van der Waals surface area (Å²) in [4.78, 5) is 0. The minimum Gasteiger partial charge on any atom is -0.487 e. The molecular formula is C66H72N2O2. The van der Waals surface area contributed by atoms with Gasteiger partial charge in [0.15, 0.2) is 0 Å². The van der Waals surface area contributed by atoms with Gasteiger partial charge in [0.25, 0.3) is 0 Å². The molecule has 0 saturated carbocycles. The molecule has 0 aliphatic rings. The van der Waals surface area contributed by atoms with Gasteiger partial charge >= 0.3 is 0 Å². The molecular weight excluding hydrogens is 853 g/mol. The highest BCUT2D eigenvalue weighted by molar-refractivity contribution is 6.46. The summed E-state index contributed by atoms with van der Waals surface area (Å²) < 4.78 is 19.4. The van der Waals surface area contributed by atoms with E-state index in [0.717, 1.165) is 33.3 Å². The molecule has 0 amide bonds. The summed E-state index contributed by atoms with van der Waals surface area (Å²) in [7, 11) is 0. The average Bonchev–Trinajstić information content (AvgIpc) is 3.98. The SMILES string of the molecule is CC(C)(C)Oc1cccc2c1c1c3c4cccc(-c5cc(C(C)(C)C)cc(C(C)(C)C)c5)c4n4c5cccc(OC(C)(C)C)c5c(c5c6cccc(-c7cc(C(C)(C)C)cc(C(C)(C)C)c7)c6n2c51)c34. The molecule has 4 heterocycles. The zero-order chi connectivity index (χ0) is 50.2. The summed E-state index contributed by atoms with van der Waals surface area (Å²) in [6, 6.07) is 42.1. The van der Waals surface area contributed by atoms with Crippen LogP contribution in [0.25, 0.3) is 98.4 Å².